The number of ether oxygens (including phenoxy) is 2. The zero-order valence-electron chi connectivity index (χ0n) is 17.9. The van der Waals surface area contributed by atoms with Crippen LogP contribution < -0.4 is 10.1 Å². The van der Waals surface area contributed by atoms with Crippen molar-refractivity contribution in [3.8, 4) is 5.75 Å². The van der Waals surface area contributed by atoms with E-state index in [1.165, 1.54) is 12.8 Å². The molecule has 0 radical (unpaired) electrons. The van der Waals surface area contributed by atoms with Gasteiger partial charge in [0, 0.05) is 21.7 Å². The third-order valence-electron chi connectivity index (χ3n) is 3.10. The maximum absolute atomic E-state index is 12.2. The molecular formula is C21H41F2NO3. The van der Waals surface area contributed by atoms with Gasteiger partial charge in [0.05, 0.1) is 6.61 Å². The van der Waals surface area contributed by atoms with Crippen LogP contribution in [0, 0.1) is 5.41 Å². The Morgan fingerprint density at radius 3 is 2.30 bits per heavy atom. The average Bonchev–Trinajstić information content (AvgIpc) is 2.65. The molecule has 0 fully saturated rings. The number of unbranched alkanes of at least 4 members (excludes halogenated alkanes) is 1. The molecule has 0 saturated carbocycles. The van der Waals surface area contributed by atoms with Crippen LogP contribution in [0.5, 0.6) is 5.75 Å². The summed E-state index contributed by atoms with van der Waals surface area (Å²) >= 11 is 0. The lowest BCUT2D eigenvalue weighted by molar-refractivity contribution is 0.0694. The van der Waals surface area contributed by atoms with Crippen LogP contribution in [0.15, 0.2) is 24.3 Å². The molecule has 1 aromatic rings. The van der Waals surface area contributed by atoms with E-state index in [0.29, 0.717) is 17.7 Å². The quantitative estimate of drug-likeness (QED) is 0.561. The fourth-order valence-corrected chi connectivity index (χ4v) is 1.85. The van der Waals surface area contributed by atoms with Crippen LogP contribution in [0.1, 0.15) is 47.5 Å². The maximum atomic E-state index is 12.2. The summed E-state index contributed by atoms with van der Waals surface area (Å²) in [7, 11) is 2.83. The molecule has 0 aliphatic rings. The zero-order valence-corrected chi connectivity index (χ0v) is 17.9. The van der Waals surface area contributed by atoms with Crippen LogP contribution >= 0.6 is 0 Å². The standard InChI is InChI=1S/C11H15F2NO.C9H20O.CH4O.H2/c1-14-8-9-3-2-4-10(5-9)15-11(6-12)7-13;1-5-6-7-10-8-9(2,3)4;1-2;/h2-5,11,14H,6-8H2,1H3;5-8H2,1-4H3;2H,1H3;1H. The molecule has 2 N–H and O–H groups in total. The lowest BCUT2D eigenvalue weighted by Gasteiger charge is -2.17. The molecular weight excluding hydrogens is 352 g/mol. The number of rotatable bonds is 10. The van der Waals surface area contributed by atoms with Gasteiger partial charge in [0.15, 0.2) is 6.10 Å². The Morgan fingerprint density at radius 1 is 1.19 bits per heavy atom. The summed E-state index contributed by atoms with van der Waals surface area (Å²) in [5.74, 6) is 0.503. The Balaban J connectivity index is -0.000000423. The second-order valence-electron chi connectivity index (χ2n) is 7.19. The molecule has 0 aliphatic carbocycles. The normalized spacial score (nSPS) is 10.6. The van der Waals surface area contributed by atoms with Crippen molar-refractivity contribution in [3.05, 3.63) is 29.8 Å². The van der Waals surface area contributed by atoms with E-state index in [-0.39, 0.29) is 1.43 Å². The first-order valence-corrected chi connectivity index (χ1v) is 9.40. The summed E-state index contributed by atoms with van der Waals surface area (Å²) in [6.07, 6.45) is 1.43. The van der Waals surface area contributed by atoms with Crippen LogP contribution in [0.2, 0.25) is 0 Å². The Hall–Kier alpha value is -1.24. The Morgan fingerprint density at radius 2 is 1.81 bits per heavy atom. The van der Waals surface area contributed by atoms with E-state index in [9.17, 15) is 8.78 Å². The average molecular weight is 394 g/mol. The highest BCUT2D eigenvalue weighted by atomic mass is 19.1. The number of aliphatic hydroxyl groups excluding tert-OH is 1. The Kier molecular flexibility index (Phi) is 18.8. The van der Waals surface area contributed by atoms with Gasteiger partial charge >= 0.3 is 0 Å². The molecule has 0 bridgehead atoms. The summed E-state index contributed by atoms with van der Waals surface area (Å²) in [5, 5.41) is 9.99. The van der Waals surface area contributed by atoms with Crippen LogP contribution in [0.3, 0.4) is 0 Å². The van der Waals surface area contributed by atoms with Crippen molar-refractivity contribution in [1.82, 2.24) is 5.32 Å². The van der Waals surface area contributed by atoms with Crippen molar-refractivity contribution in [1.29, 1.82) is 0 Å². The second-order valence-corrected chi connectivity index (χ2v) is 7.19. The maximum Gasteiger partial charge on any atom is 0.155 e. The summed E-state index contributed by atoms with van der Waals surface area (Å²) in [4.78, 5) is 0. The van der Waals surface area contributed by atoms with E-state index in [1.807, 2.05) is 13.1 Å². The van der Waals surface area contributed by atoms with Crippen molar-refractivity contribution >= 4 is 0 Å². The van der Waals surface area contributed by atoms with Crippen LogP contribution in [-0.4, -0.2) is 51.9 Å². The molecule has 0 atom stereocenters. The van der Waals surface area contributed by atoms with E-state index in [0.717, 1.165) is 25.9 Å². The summed E-state index contributed by atoms with van der Waals surface area (Å²) < 4.78 is 35.0. The van der Waals surface area contributed by atoms with Crippen LogP contribution in [-0.2, 0) is 11.3 Å². The van der Waals surface area contributed by atoms with E-state index in [4.69, 9.17) is 14.6 Å². The van der Waals surface area contributed by atoms with Crippen molar-refractivity contribution in [2.75, 3.05) is 40.7 Å². The van der Waals surface area contributed by atoms with Gasteiger partial charge in [-0.3, -0.25) is 0 Å². The van der Waals surface area contributed by atoms with Gasteiger partial charge in [-0.05, 0) is 36.6 Å². The van der Waals surface area contributed by atoms with E-state index < -0.39 is 19.5 Å². The number of hydrogen-bond acceptors (Lipinski definition) is 4. The third-order valence-corrected chi connectivity index (χ3v) is 3.10. The highest BCUT2D eigenvalue weighted by Gasteiger charge is 2.10. The molecule has 6 heteroatoms. The number of halogens is 2. The fraction of sp³-hybridized carbons (Fsp3) is 0.714. The molecule has 0 amide bonds. The fourth-order valence-electron chi connectivity index (χ4n) is 1.85. The van der Waals surface area contributed by atoms with E-state index in [2.05, 4.69) is 33.0 Å². The van der Waals surface area contributed by atoms with Crippen molar-refractivity contribution in [2.24, 2.45) is 5.41 Å². The molecule has 4 nitrogen and oxygen atoms in total. The monoisotopic (exact) mass is 393 g/mol. The molecule has 0 aromatic heterocycles. The summed E-state index contributed by atoms with van der Waals surface area (Å²) in [5.41, 5.74) is 1.35. The van der Waals surface area contributed by atoms with Gasteiger partial charge in [0.25, 0.3) is 0 Å². The molecule has 0 spiro atoms. The third kappa shape index (κ3) is 17.9. The number of aliphatic hydroxyl groups is 1. The minimum Gasteiger partial charge on any atom is -0.485 e. The first-order chi connectivity index (χ1) is 12.9. The van der Waals surface area contributed by atoms with Crippen LogP contribution in [0.25, 0.3) is 0 Å². The van der Waals surface area contributed by atoms with Gasteiger partial charge in [-0.1, -0.05) is 46.2 Å². The number of alkyl halides is 2. The van der Waals surface area contributed by atoms with Crippen molar-refractivity contribution in [2.45, 2.75) is 53.2 Å². The highest BCUT2D eigenvalue weighted by Crippen LogP contribution is 2.15. The summed E-state index contributed by atoms with van der Waals surface area (Å²) in [6.45, 7) is 9.64. The number of benzene rings is 1. The molecule has 162 valence electrons. The molecule has 27 heavy (non-hydrogen) atoms. The van der Waals surface area contributed by atoms with Crippen LogP contribution in [0.4, 0.5) is 8.78 Å². The SMILES string of the molecule is CCCCOCC(C)(C)C.CNCc1cccc(OC(CF)CF)c1.CO.[HH]. The molecule has 0 aliphatic heterocycles. The topological polar surface area (TPSA) is 50.7 Å². The van der Waals surface area contributed by atoms with Gasteiger partial charge in [0.2, 0.25) is 0 Å². The van der Waals surface area contributed by atoms with Crippen molar-refractivity contribution in [3.63, 3.8) is 0 Å². The highest BCUT2D eigenvalue weighted by molar-refractivity contribution is 5.28. The second kappa shape index (κ2) is 18.1. The van der Waals surface area contributed by atoms with Gasteiger partial charge in [-0.2, -0.15) is 0 Å². The molecule has 0 saturated heterocycles. The smallest absolute Gasteiger partial charge is 0.155 e. The van der Waals surface area contributed by atoms with E-state index >= 15 is 0 Å². The van der Waals surface area contributed by atoms with Crippen molar-refractivity contribution < 1.29 is 24.8 Å². The first-order valence-electron chi connectivity index (χ1n) is 9.40. The Bertz CT molecular complexity index is 442. The molecule has 0 unspecified atom stereocenters. The molecule has 1 aromatic carbocycles. The van der Waals surface area contributed by atoms with Gasteiger partial charge < -0.3 is 19.9 Å². The van der Waals surface area contributed by atoms with Gasteiger partial charge in [0.1, 0.15) is 19.1 Å². The van der Waals surface area contributed by atoms with E-state index in [1.54, 1.807) is 18.2 Å². The lowest BCUT2D eigenvalue weighted by Crippen LogP contribution is -2.21. The van der Waals surface area contributed by atoms with Gasteiger partial charge in [-0.15, -0.1) is 0 Å². The lowest BCUT2D eigenvalue weighted by atomic mass is 9.99. The van der Waals surface area contributed by atoms with Gasteiger partial charge in [-0.25, -0.2) is 8.78 Å². The predicted octanol–water partition coefficient (Wildman–Crippen LogP) is 4.80. The zero-order chi connectivity index (χ0) is 21.1. The first kappa shape index (κ1) is 28.0. The number of hydrogen-bond donors (Lipinski definition) is 2. The minimum atomic E-state index is -0.991. The Labute approximate surface area is 165 Å². The summed E-state index contributed by atoms with van der Waals surface area (Å²) in [6, 6.07) is 7.19. The molecule has 1 rings (SSSR count). The largest absolute Gasteiger partial charge is 0.485 e. The molecule has 0 heterocycles. The number of nitrogens with one attached hydrogen (secondary N) is 1. The predicted molar refractivity (Wildman–Crippen MR) is 111 cm³/mol. The minimum absolute atomic E-state index is 0.